The smallest absolute Gasteiger partial charge is 0.119 e. The van der Waals surface area contributed by atoms with E-state index < -0.39 is 0 Å². The number of benzene rings is 2. The van der Waals surface area contributed by atoms with Crippen LogP contribution in [0.25, 0.3) is 11.1 Å². The van der Waals surface area contributed by atoms with Crippen molar-refractivity contribution in [2.24, 2.45) is 5.41 Å². The molecule has 0 aromatic heterocycles. The molecule has 0 heterocycles. The number of hydrogen-bond acceptors (Lipinski definition) is 3. The van der Waals surface area contributed by atoms with Gasteiger partial charge in [-0.3, -0.25) is 0 Å². The highest BCUT2D eigenvalue weighted by Gasteiger charge is 2.36. The summed E-state index contributed by atoms with van der Waals surface area (Å²) in [5.41, 5.74) is 3.60. The molecule has 3 heteroatoms. The molecule has 184 valence electrons. The fraction of sp³-hybridized carbons (Fsp3) is 0.581. The van der Waals surface area contributed by atoms with Crippen LogP contribution in [0.1, 0.15) is 102 Å². The lowest BCUT2D eigenvalue weighted by atomic mass is 9.66. The molecule has 3 rings (SSSR count). The Bertz CT molecular complexity index is 877. The van der Waals surface area contributed by atoms with E-state index in [4.69, 9.17) is 9.84 Å². The monoisotopic (exact) mass is 461 g/mol. The summed E-state index contributed by atoms with van der Waals surface area (Å²) in [6, 6.07) is 20.2. The average Bonchev–Trinajstić information content (AvgIpc) is 2.88. The van der Waals surface area contributed by atoms with Crippen molar-refractivity contribution in [2.75, 3.05) is 6.61 Å². The van der Waals surface area contributed by atoms with Gasteiger partial charge in [0.25, 0.3) is 0 Å². The van der Waals surface area contributed by atoms with Gasteiger partial charge in [-0.2, -0.15) is 5.26 Å². The van der Waals surface area contributed by atoms with Crippen LogP contribution in [0, 0.1) is 16.7 Å². The third-order valence-electron chi connectivity index (χ3n) is 7.49. The molecular formula is C31H43NO2. The maximum atomic E-state index is 9.98. The molecule has 0 spiro atoms. The van der Waals surface area contributed by atoms with E-state index in [9.17, 15) is 5.26 Å². The van der Waals surface area contributed by atoms with Crippen LogP contribution in [-0.2, 0) is 0 Å². The van der Waals surface area contributed by atoms with Crippen molar-refractivity contribution in [3.63, 3.8) is 0 Å². The van der Waals surface area contributed by atoms with E-state index in [-0.39, 0.29) is 12.0 Å². The molecule has 3 nitrogen and oxygen atoms in total. The van der Waals surface area contributed by atoms with Gasteiger partial charge in [-0.1, -0.05) is 82.3 Å². The molecule has 1 fully saturated rings. The van der Waals surface area contributed by atoms with Gasteiger partial charge in [-0.15, -0.1) is 0 Å². The molecule has 1 aliphatic carbocycles. The highest BCUT2D eigenvalue weighted by molar-refractivity contribution is 5.64. The Kier molecular flexibility index (Phi) is 10.5. The largest absolute Gasteiger partial charge is 0.490 e. The molecule has 0 radical (unpaired) electrons. The summed E-state index contributed by atoms with van der Waals surface area (Å²) in [6.45, 7) is 4.68. The van der Waals surface area contributed by atoms with Gasteiger partial charge in [-0.05, 0) is 79.7 Å². The van der Waals surface area contributed by atoms with Crippen LogP contribution in [0.2, 0.25) is 0 Å². The molecule has 2 unspecified atom stereocenters. The summed E-state index contributed by atoms with van der Waals surface area (Å²) in [5, 5.41) is 19.0. The van der Waals surface area contributed by atoms with Gasteiger partial charge in [0.05, 0.1) is 17.6 Å². The lowest BCUT2D eigenvalue weighted by Crippen LogP contribution is -2.26. The predicted octanol–water partition coefficient (Wildman–Crippen LogP) is 8.42. The number of nitrogens with zero attached hydrogens (tertiary/aromatic N) is 1. The zero-order valence-corrected chi connectivity index (χ0v) is 21.3. The van der Waals surface area contributed by atoms with E-state index in [2.05, 4.69) is 68.4 Å². The summed E-state index contributed by atoms with van der Waals surface area (Å²) < 4.78 is 6.22. The van der Waals surface area contributed by atoms with Crippen LogP contribution in [0.15, 0.2) is 48.5 Å². The van der Waals surface area contributed by atoms with E-state index in [0.29, 0.717) is 12.0 Å². The van der Waals surface area contributed by atoms with Gasteiger partial charge in [-0.25, -0.2) is 0 Å². The molecule has 0 bridgehead atoms. The first-order valence-electron chi connectivity index (χ1n) is 13.5. The summed E-state index contributed by atoms with van der Waals surface area (Å²) in [5.74, 6) is 1.42. The molecule has 2 aromatic rings. The van der Waals surface area contributed by atoms with Crippen molar-refractivity contribution in [1.29, 1.82) is 5.26 Å². The number of hydrogen-bond donors (Lipinski definition) is 1. The second-order valence-corrected chi connectivity index (χ2v) is 10.2. The Morgan fingerprint density at radius 2 is 1.62 bits per heavy atom. The SMILES string of the molecule is CCCC(CCC)Oc1ccc(-c2ccc(C3CCCC(C#N)(CCCCCO)C3)cc2)cc1. The minimum Gasteiger partial charge on any atom is -0.490 e. The molecule has 2 atom stereocenters. The fourth-order valence-corrected chi connectivity index (χ4v) is 5.56. The highest BCUT2D eigenvalue weighted by atomic mass is 16.5. The number of unbranched alkanes of at least 4 members (excludes halogenated alkanes) is 2. The van der Waals surface area contributed by atoms with Gasteiger partial charge in [0.1, 0.15) is 5.75 Å². The molecular weight excluding hydrogens is 418 g/mol. The first-order chi connectivity index (χ1) is 16.6. The number of nitriles is 1. The van der Waals surface area contributed by atoms with Gasteiger partial charge in [0.15, 0.2) is 0 Å². The first kappa shape index (κ1) is 26.3. The Morgan fingerprint density at radius 3 is 2.21 bits per heavy atom. The first-order valence-corrected chi connectivity index (χ1v) is 13.5. The minimum atomic E-state index is -0.194. The van der Waals surface area contributed by atoms with Crippen LogP contribution in [0.4, 0.5) is 0 Å². The van der Waals surface area contributed by atoms with Gasteiger partial charge < -0.3 is 9.84 Å². The van der Waals surface area contributed by atoms with E-state index in [1.807, 2.05) is 0 Å². The molecule has 1 saturated carbocycles. The molecule has 1 aliphatic rings. The number of aliphatic hydroxyl groups excluding tert-OH is 1. The Balaban J connectivity index is 1.62. The summed E-state index contributed by atoms with van der Waals surface area (Å²) >= 11 is 0. The van der Waals surface area contributed by atoms with Gasteiger partial charge in [0, 0.05) is 6.61 Å². The molecule has 0 amide bonds. The van der Waals surface area contributed by atoms with Crippen molar-refractivity contribution in [1.82, 2.24) is 0 Å². The van der Waals surface area contributed by atoms with Crippen LogP contribution in [-0.4, -0.2) is 17.8 Å². The third-order valence-corrected chi connectivity index (χ3v) is 7.49. The lowest BCUT2D eigenvalue weighted by molar-refractivity contribution is 0.179. The van der Waals surface area contributed by atoms with Crippen LogP contribution < -0.4 is 4.74 Å². The maximum Gasteiger partial charge on any atom is 0.119 e. The van der Waals surface area contributed by atoms with Crippen LogP contribution in [0.3, 0.4) is 0 Å². The molecule has 0 saturated heterocycles. The van der Waals surface area contributed by atoms with E-state index in [0.717, 1.165) is 76.4 Å². The zero-order chi connectivity index (χ0) is 24.2. The van der Waals surface area contributed by atoms with Crippen molar-refractivity contribution in [2.45, 2.75) is 103 Å². The second-order valence-electron chi connectivity index (χ2n) is 10.2. The van der Waals surface area contributed by atoms with Crippen LogP contribution in [0.5, 0.6) is 5.75 Å². The molecule has 1 N–H and O–H groups in total. The minimum absolute atomic E-state index is 0.194. The normalized spacial score (nSPS) is 20.3. The lowest BCUT2D eigenvalue weighted by Gasteiger charge is -2.36. The van der Waals surface area contributed by atoms with Crippen molar-refractivity contribution >= 4 is 0 Å². The standard InChI is InChI=1S/C31H43NO2/c1-3-9-29(10-4-2)34-30-18-16-26(17-19-30)25-12-14-27(15-13-25)28-11-8-21-31(23-28,24-32)20-6-5-7-22-33/h12-19,28-29,33H,3-11,20-23H2,1-2H3. The zero-order valence-electron chi connectivity index (χ0n) is 21.3. The number of aliphatic hydroxyl groups is 1. The highest BCUT2D eigenvalue weighted by Crippen LogP contribution is 2.46. The van der Waals surface area contributed by atoms with Crippen molar-refractivity contribution in [3.8, 4) is 22.9 Å². The average molecular weight is 462 g/mol. The van der Waals surface area contributed by atoms with E-state index >= 15 is 0 Å². The Labute approximate surface area is 207 Å². The molecule has 34 heavy (non-hydrogen) atoms. The molecule has 0 aliphatic heterocycles. The van der Waals surface area contributed by atoms with Gasteiger partial charge >= 0.3 is 0 Å². The van der Waals surface area contributed by atoms with Crippen molar-refractivity contribution in [3.05, 3.63) is 54.1 Å². The summed E-state index contributed by atoms with van der Waals surface area (Å²) in [7, 11) is 0. The second kappa shape index (κ2) is 13.5. The Hall–Kier alpha value is -2.31. The topological polar surface area (TPSA) is 53.2 Å². The third kappa shape index (κ3) is 7.34. The van der Waals surface area contributed by atoms with Crippen molar-refractivity contribution < 1.29 is 9.84 Å². The molecule has 2 aromatic carbocycles. The quantitative estimate of drug-likeness (QED) is 0.305. The van der Waals surface area contributed by atoms with E-state index in [1.165, 1.54) is 23.1 Å². The maximum absolute atomic E-state index is 9.98. The summed E-state index contributed by atoms with van der Waals surface area (Å²) in [6.07, 6.45) is 13.0. The number of rotatable bonds is 13. The fourth-order valence-electron chi connectivity index (χ4n) is 5.56. The van der Waals surface area contributed by atoms with E-state index in [1.54, 1.807) is 0 Å². The predicted molar refractivity (Wildman–Crippen MR) is 141 cm³/mol. The Morgan fingerprint density at radius 1 is 0.971 bits per heavy atom. The van der Waals surface area contributed by atoms with Crippen LogP contribution >= 0.6 is 0 Å². The summed E-state index contributed by atoms with van der Waals surface area (Å²) in [4.78, 5) is 0. The number of ether oxygens (including phenoxy) is 1. The van der Waals surface area contributed by atoms with Gasteiger partial charge in [0.2, 0.25) is 0 Å².